The van der Waals surface area contributed by atoms with Crippen LogP contribution in [-0.4, -0.2) is 50.5 Å². The molecule has 2 heterocycles. The summed E-state index contributed by atoms with van der Waals surface area (Å²) in [5, 5.41) is 4.79. The summed E-state index contributed by atoms with van der Waals surface area (Å²) in [6.45, 7) is 0. The third kappa shape index (κ3) is 6.28. The second kappa shape index (κ2) is 9.68. The van der Waals surface area contributed by atoms with E-state index < -0.39 is 10.0 Å². The van der Waals surface area contributed by atoms with E-state index in [0.717, 1.165) is 17.4 Å². The summed E-state index contributed by atoms with van der Waals surface area (Å²) in [6.07, 6.45) is 2.86. The number of aromatic nitrogens is 1. The predicted octanol–water partition coefficient (Wildman–Crippen LogP) is 3.72. The van der Waals surface area contributed by atoms with Gasteiger partial charge >= 0.3 is 0 Å². The van der Waals surface area contributed by atoms with Crippen LogP contribution in [0.1, 0.15) is 15.2 Å². The number of sulfonamides is 1. The molecule has 3 rings (SSSR count). The molecule has 0 fully saturated rings. The number of carbonyl (C=O) groups is 2. The topological polar surface area (TPSA) is 108 Å². The number of rotatable bonds is 7. The zero-order chi connectivity index (χ0) is 23.5. The Morgan fingerprint density at radius 2 is 1.88 bits per heavy atom. The zero-order valence-corrected chi connectivity index (χ0v) is 19.9. The lowest BCUT2D eigenvalue weighted by Crippen LogP contribution is -2.23. The molecule has 32 heavy (non-hydrogen) atoms. The molecule has 0 saturated heterocycles. The maximum atomic E-state index is 12.8. The van der Waals surface area contributed by atoms with Gasteiger partial charge in [-0.15, -0.1) is 11.3 Å². The first-order valence-corrected chi connectivity index (χ1v) is 12.5. The molecular weight excluding hydrogens is 472 g/mol. The molecule has 2 amide bonds. The number of pyridine rings is 1. The number of nitrogens with zero attached hydrogens (tertiary/aromatic N) is 2. The van der Waals surface area contributed by atoms with Crippen molar-refractivity contribution in [1.29, 1.82) is 0 Å². The Morgan fingerprint density at radius 3 is 2.56 bits per heavy atom. The van der Waals surface area contributed by atoms with Crippen LogP contribution in [0.15, 0.2) is 48.0 Å². The van der Waals surface area contributed by atoms with Gasteiger partial charge < -0.3 is 10.2 Å². The van der Waals surface area contributed by atoms with E-state index in [0.29, 0.717) is 16.3 Å². The summed E-state index contributed by atoms with van der Waals surface area (Å²) in [5.74, 6) is -0.428. The highest BCUT2D eigenvalue weighted by molar-refractivity contribution is 7.92. The van der Waals surface area contributed by atoms with E-state index in [4.69, 9.17) is 11.6 Å². The monoisotopic (exact) mass is 492 g/mol. The van der Waals surface area contributed by atoms with Gasteiger partial charge in [0.2, 0.25) is 15.9 Å². The second-order valence-corrected chi connectivity index (χ2v) is 10.3. The van der Waals surface area contributed by atoms with Crippen molar-refractivity contribution in [3.63, 3.8) is 0 Å². The lowest BCUT2D eigenvalue weighted by atomic mass is 10.1. The average molecular weight is 493 g/mol. The van der Waals surface area contributed by atoms with Gasteiger partial charge in [0.05, 0.1) is 28.9 Å². The van der Waals surface area contributed by atoms with Gasteiger partial charge in [0.25, 0.3) is 5.91 Å². The molecule has 2 aromatic heterocycles. The Kier molecular flexibility index (Phi) is 7.17. The Hall–Kier alpha value is -2.95. The van der Waals surface area contributed by atoms with Crippen LogP contribution in [0.5, 0.6) is 0 Å². The van der Waals surface area contributed by atoms with Crippen LogP contribution in [0.2, 0.25) is 5.02 Å². The Balaban J connectivity index is 1.81. The quantitative estimate of drug-likeness (QED) is 0.522. The molecule has 0 bridgehead atoms. The van der Waals surface area contributed by atoms with Crippen LogP contribution < -0.4 is 10.0 Å². The molecule has 168 valence electrons. The number of amides is 2. The van der Waals surface area contributed by atoms with E-state index in [1.54, 1.807) is 37.8 Å². The third-order valence-electron chi connectivity index (χ3n) is 4.29. The fourth-order valence-electron chi connectivity index (χ4n) is 2.87. The fourth-order valence-corrected chi connectivity index (χ4v) is 4.44. The summed E-state index contributed by atoms with van der Waals surface area (Å²) >= 11 is 7.28. The highest BCUT2D eigenvalue weighted by Gasteiger charge is 2.16. The van der Waals surface area contributed by atoms with E-state index in [1.807, 2.05) is 6.07 Å². The van der Waals surface area contributed by atoms with Crippen LogP contribution in [-0.2, 0) is 21.2 Å². The number of likely N-dealkylation sites (N-methyl/N-ethyl adjacent to an activating group) is 1. The largest absolute Gasteiger partial charge is 0.349 e. The SMILES string of the molecule is CN(C)C(=O)Cc1cccnc1-c1csc(C(=O)Nc2cc(Cl)cc(NS(C)(=O)=O)c2)c1. The standard InChI is InChI=1S/C21H21ClN4O4S2/c1-26(2)19(27)8-13-5-4-6-23-20(13)14-7-18(31-12-14)21(28)24-16-9-15(22)10-17(11-16)25-32(3,29)30/h4-7,9-12,25H,8H2,1-3H3,(H,24,28). The van der Waals surface area contributed by atoms with Crippen LogP contribution in [0.25, 0.3) is 11.3 Å². The molecular formula is C21H21ClN4O4S2. The van der Waals surface area contributed by atoms with E-state index >= 15 is 0 Å². The first-order valence-electron chi connectivity index (χ1n) is 9.34. The summed E-state index contributed by atoms with van der Waals surface area (Å²) < 4.78 is 25.3. The predicted molar refractivity (Wildman–Crippen MR) is 128 cm³/mol. The van der Waals surface area contributed by atoms with E-state index in [1.165, 1.54) is 34.4 Å². The molecule has 8 nitrogen and oxygen atoms in total. The average Bonchev–Trinajstić information content (AvgIpc) is 3.16. The lowest BCUT2D eigenvalue weighted by molar-refractivity contribution is -0.127. The Labute approximate surface area is 195 Å². The van der Waals surface area contributed by atoms with Crippen molar-refractivity contribution in [2.24, 2.45) is 0 Å². The minimum atomic E-state index is -3.49. The fraction of sp³-hybridized carbons (Fsp3) is 0.190. The van der Waals surface area contributed by atoms with Crippen molar-refractivity contribution in [2.75, 3.05) is 30.4 Å². The van der Waals surface area contributed by atoms with Crippen LogP contribution in [0, 0.1) is 0 Å². The number of thiophene rings is 1. The highest BCUT2D eigenvalue weighted by Crippen LogP contribution is 2.29. The number of halogens is 1. The van der Waals surface area contributed by atoms with Crippen LogP contribution in [0.4, 0.5) is 11.4 Å². The molecule has 0 aliphatic carbocycles. The molecule has 0 aliphatic heterocycles. The molecule has 0 saturated carbocycles. The van der Waals surface area contributed by atoms with Crippen LogP contribution in [0.3, 0.4) is 0 Å². The number of carbonyl (C=O) groups excluding carboxylic acids is 2. The van der Waals surface area contributed by atoms with Crippen LogP contribution >= 0.6 is 22.9 Å². The molecule has 3 aromatic rings. The Bertz CT molecular complexity index is 1270. The van der Waals surface area contributed by atoms with E-state index in [9.17, 15) is 18.0 Å². The summed E-state index contributed by atoms with van der Waals surface area (Å²) in [6, 6.07) is 9.74. The summed E-state index contributed by atoms with van der Waals surface area (Å²) in [5.41, 5.74) is 2.72. The molecule has 0 radical (unpaired) electrons. The molecule has 0 aliphatic rings. The molecule has 0 atom stereocenters. The smallest absolute Gasteiger partial charge is 0.265 e. The van der Waals surface area contributed by atoms with Crippen molar-refractivity contribution >= 4 is 56.2 Å². The van der Waals surface area contributed by atoms with Gasteiger partial charge in [0.15, 0.2) is 0 Å². The van der Waals surface area contributed by atoms with Gasteiger partial charge in [0, 0.05) is 41.9 Å². The lowest BCUT2D eigenvalue weighted by Gasteiger charge is -2.12. The molecule has 2 N–H and O–H groups in total. The van der Waals surface area contributed by atoms with Crippen molar-refractivity contribution in [3.05, 3.63) is 63.4 Å². The van der Waals surface area contributed by atoms with Crippen molar-refractivity contribution in [2.45, 2.75) is 6.42 Å². The van der Waals surface area contributed by atoms with Crippen molar-refractivity contribution in [1.82, 2.24) is 9.88 Å². The second-order valence-electron chi connectivity index (χ2n) is 7.23. The minimum absolute atomic E-state index is 0.0492. The molecule has 1 aromatic carbocycles. The normalized spacial score (nSPS) is 11.1. The van der Waals surface area contributed by atoms with Gasteiger partial charge in [-0.05, 0) is 35.9 Å². The molecule has 0 unspecified atom stereocenters. The maximum Gasteiger partial charge on any atom is 0.265 e. The molecule has 11 heteroatoms. The number of nitrogens with one attached hydrogen (secondary N) is 2. The first kappa shape index (κ1) is 23.7. The first-order chi connectivity index (χ1) is 15.0. The minimum Gasteiger partial charge on any atom is -0.349 e. The number of anilines is 2. The number of benzene rings is 1. The summed E-state index contributed by atoms with van der Waals surface area (Å²) in [7, 11) is -0.105. The Morgan fingerprint density at radius 1 is 1.16 bits per heavy atom. The van der Waals surface area contributed by atoms with Gasteiger partial charge in [-0.3, -0.25) is 19.3 Å². The third-order valence-corrected chi connectivity index (χ3v) is 6.04. The summed E-state index contributed by atoms with van der Waals surface area (Å²) in [4.78, 5) is 31.2. The van der Waals surface area contributed by atoms with Gasteiger partial charge in [0.1, 0.15) is 0 Å². The van der Waals surface area contributed by atoms with Crippen molar-refractivity contribution < 1.29 is 18.0 Å². The van der Waals surface area contributed by atoms with E-state index in [-0.39, 0.29) is 28.9 Å². The zero-order valence-electron chi connectivity index (χ0n) is 17.5. The van der Waals surface area contributed by atoms with Gasteiger partial charge in [-0.1, -0.05) is 17.7 Å². The molecule has 0 spiro atoms. The number of hydrogen-bond donors (Lipinski definition) is 2. The van der Waals surface area contributed by atoms with Gasteiger partial charge in [-0.2, -0.15) is 0 Å². The maximum absolute atomic E-state index is 12.8. The van der Waals surface area contributed by atoms with Crippen molar-refractivity contribution in [3.8, 4) is 11.3 Å². The number of hydrogen-bond acceptors (Lipinski definition) is 6. The highest BCUT2D eigenvalue weighted by atomic mass is 35.5. The van der Waals surface area contributed by atoms with Gasteiger partial charge in [-0.25, -0.2) is 8.42 Å². The van der Waals surface area contributed by atoms with E-state index in [2.05, 4.69) is 15.0 Å².